The molecule has 1 fully saturated rings. The van der Waals surface area contributed by atoms with E-state index in [9.17, 15) is 9.59 Å². The lowest BCUT2D eigenvalue weighted by molar-refractivity contribution is -0.122. The Morgan fingerprint density at radius 1 is 0.970 bits per heavy atom. The highest BCUT2D eigenvalue weighted by molar-refractivity contribution is 7.80. The average molecular weight is 498 g/mol. The van der Waals surface area contributed by atoms with Gasteiger partial charge in [-0.3, -0.25) is 19.8 Å². The Balaban J connectivity index is 1.80. The second kappa shape index (κ2) is 8.78. The van der Waals surface area contributed by atoms with E-state index in [1.165, 1.54) is 4.90 Å². The maximum atomic E-state index is 13.4. The van der Waals surface area contributed by atoms with Crippen LogP contribution in [0.4, 0.5) is 5.69 Å². The van der Waals surface area contributed by atoms with Gasteiger partial charge in [0.25, 0.3) is 11.8 Å². The molecule has 1 aliphatic heterocycles. The molecule has 1 saturated heterocycles. The minimum absolute atomic E-state index is 0.0414. The molecular weight excluding hydrogens is 477 g/mol. The number of halogens is 2. The van der Waals surface area contributed by atoms with Crippen molar-refractivity contribution in [3.63, 3.8) is 0 Å². The molecule has 0 unspecified atom stereocenters. The number of hydrogen-bond donors (Lipinski definition) is 1. The molecule has 2 aromatic carbocycles. The topological polar surface area (TPSA) is 54.3 Å². The fraction of sp³-hybridized carbons (Fsp3) is 0.160. The highest BCUT2D eigenvalue weighted by atomic mass is 35.5. The number of carbonyl (C=O) groups is 2. The van der Waals surface area contributed by atoms with E-state index in [1.807, 2.05) is 19.9 Å². The summed E-state index contributed by atoms with van der Waals surface area (Å²) in [6.07, 6.45) is 1.59. The maximum Gasteiger partial charge on any atom is 0.270 e. The van der Waals surface area contributed by atoms with Crippen molar-refractivity contribution in [2.45, 2.75) is 27.7 Å². The van der Waals surface area contributed by atoms with Crippen LogP contribution in [0.5, 0.6) is 0 Å². The highest BCUT2D eigenvalue weighted by Gasteiger charge is 2.36. The van der Waals surface area contributed by atoms with Crippen molar-refractivity contribution in [2.24, 2.45) is 0 Å². The van der Waals surface area contributed by atoms with Gasteiger partial charge in [-0.25, -0.2) is 0 Å². The number of carbonyl (C=O) groups excluding carboxylic acids is 2. The van der Waals surface area contributed by atoms with Gasteiger partial charge >= 0.3 is 0 Å². The van der Waals surface area contributed by atoms with E-state index in [0.717, 1.165) is 33.8 Å². The first-order chi connectivity index (χ1) is 15.6. The van der Waals surface area contributed by atoms with E-state index in [1.54, 1.807) is 24.3 Å². The molecule has 2 heterocycles. The Bertz CT molecular complexity index is 1350. The van der Waals surface area contributed by atoms with Gasteiger partial charge in [-0.1, -0.05) is 35.3 Å². The molecule has 0 atom stereocenters. The predicted octanol–water partition coefficient (Wildman–Crippen LogP) is 5.85. The van der Waals surface area contributed by atoms with E-state index in [4.69, 9.17) is 35.4 Å². The predicted molar refractivity (Wildman–Crippen MR) is 137 cm³/mol. The second-order valence-corrected chi connectivity index (χ2v) is 9.21. The average Bonchev–Trinajstić information content (AvgIpc) is 3.00. The van der Waals surface area contributed by atoms with Gasteiger partial charge in [0.1, 0.15) is 5.57 Å². The van der Waals surface area contributed by atoms with E-state index in [2.05, 4.69) is 41.9 Å². The molecule has 1 N–H and O–H groups in total. The lowest BCUT2D eigenvalue weighted by Gasteiger charge is -2.29. The van der Waals surface area contributed by atoms with Crippen LogP contribution < -0.4 is 10.2 Å². The summed E-state index contributed by atoms with van der Waals surface area (Å²) in [6, 6.07) is 13.2. The number of rotatable bonds is 3. The number of amides is 2. The normalized spacial score (nSPS) is 15.4. The molecule has 1 aromatic heterocycles. The number of thiocarbonyl (C=S) groups is 1. The number of aromatic nitrogens is 1. The largest absolute Gasteiger partial charge is 0.318 e. The first kappa shape index (κ1) is 23.2. The molecule has 5 nitrogen and oxygen atoms in total. The highest BCUT2D eigenvalue weighted by Crippen LogP contribution is 2.34. The summed E-state index contributed by atoms with van der Waals surface area (Å²) in [7, 11) is 0. The van der Waals surface area contributed by atoms with Crippen LogP contribution in [0.1, 0.15) is 28.1 Å². The second-order valence-electron chi connectivity index (χ2n) is 8.04. The minimum Gasteiger partial charge on any atom is -0.318 e. The van der Waals surface area contributed by atoms with Crippen LogP contribution in [-0.4, -0.2) is 21.5 Å². The van der Waals surface area contributed by atoms with Crippen LogP contribution >= 0.6 is 35.4 Å². The Morgan fingerprint density at radius 2 is 1.64 bits per heavy atom. The van der Waals surface area contributed by atoms with Crippen LogP contribution in [0, 0.1) is 27.7 Å². The molecule has 0 aliphatic carbocycles. The zero-order chi connectivity index (χ0) is 24.0. The van der Waals surface area contributed by atoms with Gasteiger partial charge in [0.2, 0.25) is 0 Å². The molecule has 8 heteroatoms. The fourth-order valence-corrected chi connectivity index (χ4v) is 4.76. The molecule has 0 bridgehead atoms. The molecule has 33 heavy (non-hydrogen) atoms. The van der Waals surface area contributed by atoms with Crippen molar-refractivity contribution in [1.29, 1.82) is 0 Å². The zero-order valence-electron chi connectivity index (χ0n) is 18.5. The number of aryl methyl sites for hydroxylation is 3. The SMILES string of the molecule is Cc1cc(C)cc(-n2c(C)cc(/C=C3\C(=O)NC(=S)N(c4cccc(Cl)c4Cl)C3=O)c2C)c1. The molecule has 2 amide bonds. The van der Waals surface area contributed by atoms with Gasteiger partial charge in [0.05, 0.1) is 15.7 Å². The Labute approximate surface area is 207 Å². The number of hydrogen-bond acceptors (Lipinski definition) is 3. The van der Waals surface area contributed by atoms with Crippen LogP contribution in [0.2, 0.25) is 10.0 Å². The van der Waals surface area contributed by atoms with Gasteiger partial charge in [-0.15, -0.1) is 0 Å². The summed E-state index contributed by atoms with van der Waals surface area (Å²) in [6.45, 7) is 8.05. The summed E-state index contributed by atoms with van der Waals surface area (Å²) in [5.41, 5.74) is 6.26. The van der Waals surface area contributed by atoms with Crippen LogP contribution in [0.3, 0.4) is 0 Å². The molecule has 0 radical (unpaired) electrons. The first-order valence-corrected chi connectivity index (χ1v) is 11.4. The van der Waals surface area contributed by atoms with Gasteiger partial charge in [0, 0.05) is 17.1 Å². The molecule has 0 spiro atoms. The Morgan fingerprint density at radius 3 is 2.30 bits per heavy atom. The van der Waals surface area contributed by atoms with E-state index in [0.29, 0.717) is 5.69 Å². The molecule has 0 saturated carbocycles. The fourth-order valence-electron chi connectivity index (χ4n) is 4.11. The smallest absolute Gasteiger partial charge is 0.270 e. The summed E-state index contributed by atoms with van der Waals surface area (Å²) in [4.78, 5) is 27.3. The standard InChI is InChI=1S/C25H21Cl2N3O2S/c1-13-8-14(2)10-18(9-13)29-15(3)11-17(16(29)4)12-19-23(31)28-25(33)30(24(19)32)21-7-5-6-20(26)22(21)27/h5-12H,1-4H3,(H,28,31,33)/b19-12+. The van der Waals surface area contributed by atoms with Crippen LogP contribution in [-0.2, 0) is 9.59 Å². The van der Waals surface area contributed by atoms with E-state index in [-0.39, 0.29) is 20.7 Å². The first-order valence-electron chi connectivity index (χ1n) is 10.2. The summed E-state index contributed by atoms with van der Waals surface area (Å²) >= 11 is 17.7. The number of benzene rings is 2. The molecule has 4 rings (SSSR count). The lowest BCUT2D eigenvalue weighted by Crippen LogP contribution is -2.54. The number of anilines is 1. The monoisotopic (exact) mass is 497 g/mol. The van der Waals surface area contributed by atoms with Gasteiger partial charge < -0.3 is 4.57 Å². The van der Waals surface area contributed by atoms with Gasteiger partial charge in [0.15, 0.2) is 5.11 Å². The van der Waals surface area contributed by atoms with Gasteiger partial charge in [-0.05, 0) is 93.0 Å². The maximum absolute atomic E-state index is 13.4. The van der Waals surface area contributed by atoms with Crippen LogP contribution in [0.25, 0.3) is 11.8 Å². The third-order valence-electron chi connectivity index (χ3n) is 5.51. The van der Waals surface area contributed by atoms with Crippen molar-refractivity contribution >= 4 is 64.1 Å². The third kappa shape index (κ3) is 4.22. The molecule has 1 aliphatic rings. The van der Waals surface area contributed by atoms with Crippen molar-refractivity contribution in [3.8, 4) is 5.69 Å². The summed E-state index contributed by atoms with van der Waals surface area (Å²) in [5, 5.41) is 3.00. The number of nitrogens with one attached hydrogen (secondary N) is 1. The zero-order valence-corrected chi connectivity index (χ0v) is 20.8. The van der Waals surface area contributed by atoms with Crippen LogP contribution in [0.15, 0.2) is 48.0 Å². The van der Waals surface area contributed by atoms with Crippen molar-refractivity contribution in [1.82, 2.24) is 9.88 Å². The molecular formula is C25H21Cl2N3O2S. The van der Waals surface area contributed by atoms with Crippen molar-refractivity contribution < 1.29 is 9.59 Å². The molecule has 3 aromatic rings. The number of nitrogens with zero attached hydrogens (tertiary/aromatic N) is 2. The van der Waals surface area contributed by atoms with Crippen molar-refractivity contribution in [2.75, 3.05) is 4.90 Å². The quantitative estimate of drug-likeness (QED) is 0.280. The lowest BCUT2D eigenvalue weighted by atomic mass is 10.1. The molecule has 168 valence electrons. The summed E-state index contributed by atoms with van der Waals surface area (Å²) in [5.74, 6) is -1.13. The Hall–Kier alpha value is -2.93. The Kier molecular flexibility index (Phi) is 6.18. The van der Waals surface area contributed by atoms with Crippen molar-refractivity contribution in [3.05, 3.63) is 86.2 Å². The van der Waals surface area contributed by atoms with E-state index < -0.39 is 11.8 Å². The van der Waals surface area contributed by atoms with E-state index >= 15 is 0 Å². The third-order valence-corrected chi connectivity index (χ3v) is 6.60. The van der Waals surface area contributed by atoms with Gasteiger partial charge in [-0.2, -0.15) is 0 Å². The summed E-state index contributed by atoms with van der Waals surface area (Å²) < 4.78 is 2.11. The minimum atomic E-state index is -0.566.